The first-order valence-electron chi connectivity index (χ1n) is 6.30. The minimum Gasteiger partial charge on any atom is -0.341 e. The van der Waals surface area contributed by atoms with Gasteiger partial charge >= 0.3 is 0 Å². The maximum atomic E-state index is 12.2. The molecule has 3 nitrogen and oxygen atoms in total. The van der Waals surface area contributed by atoms with Gasteiger partial charge in [-0.15, -0.1) is 0 Å². The third-order valence-corrected chi connectivity index (χ3v) is 5.78. The van der Waals surface area contributed by atoms with Crippen LogP contribution in [0.5, 0.6) is 0 Å². The third-order valence-electron chi connectivity index (χ3n) is 3.64. The lowest BCUT2D eigenvalue weighted by atomic mass is 9.77. The summed E-state index contributed by atoms with van der Waals surface area (Å²) >= 11 is 8.11. The van der Waals surface area contributed by atoms with Gasteiger partial charge < -0.3 is 5.32 Å². The van der Waals surface area contributed by atoms with Crippen LogP contribution in [-0.2, 0) is 15.1 Å². The first kappa shape index (κ1) is 14.9. The van der Waals surface area contributed by atoms with E-state index < -0.39 is 10.4 Å². The fourth-order valence-electron chi connectivity index (χ4n) is 2.57. The number of hydrogen-bond acceptors (Lipinski definition) is 3. The SMILES string of the molecule is O=C1C[C@](c2ccc(Br)cc2)(c2ccsc2)NC(=O)[C@H]1Br. The van der Waals surface area contributed by atoms with Gasteiger partial charge in [0.15, 0.2) is 10.6 Å². The molecule has 1 N–H and O–H groups in total. The maximum absolute atomic E-state index is 12.2. The molecule has 1 aliphatic heterocycles. The number of carbonyl (C=O) groups is 2. The summed E-state index contributed by atoms with van der Waals surface area (Å²) in [6, 6.07) is 9.66. The number of nitrogens with one attached hydrogen (secondary N) is 1. The van der Waals surface area contributed by atoms with E-state index in [1.807, 2.05) is 41.1 Å². The molecule has 3 rings (SSSR count). The Labute approximate surface area is 143 Å². The molecule has 1 amide bonds. The molecule has 0 unspecified atom stereocenters. The van der Waals surface area contributed by atoms with Crippen LogP contribution in [0.2, 0.25) is 0 Å². The van der Waals surface area contributed by atoms with E-state index in [2.05, 4.69) is 37.2 Å². The summed E-state index contributed by atoms with van der Waals surface area (Å²) in [7, 11) is 0. The smallest absolute Gasteiger partial charge is 0.242 e. The monoisotopic (exact) mass is 427 g/mol. The number of hydrogen-bond donors (Lipinski definition) is 1. The van der Waals surface area contributed by atoms with Gasteiger partial charge in [-0.2, -0.15) is 11.3 Å². The molecule has 0 radical (unpaired) electrons. The van der Waals surface area contributed by atoms with Gasteiger partial charge in [-0.05, 0) is 40.1 Å². The number of ketones is 1. The Morgan fingerprint density at radius 1 is 1.14 bits per heavy atom. The number of thiophene rings is 1. The average Bonchev–Trinajstić information content (AvgIpc) is 2.99. The highest BCUT2D eigenvalue weighted by Crippen LogP contribution is 2.38. The van der Waals surface area contributed by atoms with Gasteiger partial charge in [-0.25, -0.2) is 0 Å². The topological polar surface area (TPSA) is 46.2 Å². The van der Waals surface area contributed by atoms with Gasteiger partial charge in [0.05, 0.1) is 5.54 Å². The van der Waals surface area contributed by atoms with Crippen LogP contribution in [-0.4, -0.2) is 16.5 Å². The van der Waals surface area contributed by atoms with Crippen LogP contribution in [0.1, 0.15) is 17.5 Å². The van der Waals surface area contributed by atoms with Gasteiger partial charge in [0, 0.05) is 10.9 Å². The fourth-order valence-corrected chi connectivity index (χ4v) is 3.84. The summed E-state index contributed by atoms with van der Waals surface area (Å²) in [5, 5.41) is 6.96. The van der Waals surface area contributed by atoms with Crippen molar-refractivity contribution in [1.29, 1.82) is 0 Å². The average molecular weight is 429 g/mol. The van der Waals surface area contributed by atoms with Crippen molar-refractivity contribution in [1.82, 2.24) is 5.32 Å². The maximum Gasteiger partial charge on any atom is 0.242 e. The van der Waals surface area contributed by atoms with E-state index in [0.29, 0.717) is 0 Å². The molecule has 2 aromatic rings. The lowest BCUT2D eigenvalue weighted by Gasteiger charge is -2.39. The molecule has 1 aromatic carbocycles. The molecule has 0 saturated carbocycles. The standard InChI is InChI=1S/C15H11Br2NO2S/c16-11-3-1-9(2-4-11)15(10-5-6-21-8-10)7-12(19)13(17)14(20)18-15/h1-6,8,13H,7H2,(H,18,20)/t13-,15-/m0/s1. The Morgan fingerprint density at radius 2 is 1.86 bits per heavy atom. The van der Waals surface area contributed by atoms with Crippen molar-refractivity contribution in [2.24, 2.45) is 0 Å². The van der Waals surface area contributed by atoms with Crippen molar-refractivity contribution in [2.45, 2.75) is 16.8 Å². The lowest BCUT2D eigenvalue weighted by Crippen LogP contribution is -2.57. The highest BCUT2D eigenvalue weighted by Gasteiger charge is 2.46. The highest BCUT2D eigenvalue weighted by atomic mass is 79.9. The van der Waals surface area contributed by atoms with E-state index in [1.165, 1.54) is 0 Å². The number of Topliss-reactive ketones (excluding diaryl/α,β-unsaturated/α-hetero) is 1. The molecule has 6 heteroatoms. The van der Waals surface area contributed by atoms with Crippen LogP contribution in [0.15, 0.2) is 45.6 Å². The molecule has 0 bridgehead atoms. The number of alkyl halides is 1. The van der Waals surface area contributed by atoms with E-state index in [-0.39, 0.29) is 18.1 Å². The number of benzene rings is 1. The lowest BCUT2D eigenvalue weighted by molar-refractivity contribution is -0.132. The molecule has 2 heterocycles. The molecule has 0 aliphatic carbocycles. The van der Waals surface area contributed by atoms with Crippen LogP contribution < -0.4 is 5.32 Å². The van der Waals surface area contributed by atoms with Crippen molar-refractivity contribution in [3.05, 3.63) is 56.7 Å². The van der Waals surface area contributed by atoms with E-state index in [9.17, 15) is 9.59 Å². The van der Waals surface area contributed by atoms with Crippen molar-refractivity contribution in [3.8, 4) is 0 Å². The zero-order valence-electron chi connectivity index (χ0n) is 10.8. The Bertz CT molecular complexity index is 664. The van der Waals surface area contributed by atoms with Gasteiger partial charge in [-0.1, -0.05) is 44.0 Å². The van der Waals surface area contributed by atoms with Crippen molar-refractivity contribution in [3.63, 3.8) is 0 Å². The third kappa shape index (κ3) is 2.60. The number of amides is 1. The second kappa shape index (κ2) is 5.66. The number of piperidine rings is 1. The summed E-state index contributed by atoms with van der Waals surface area (Å²) in [6.07, 6.45) is 0.243. The van der Waals surface area contributed by atoms with Crippen LogP contribution in [0.4, 0.5) is 0 Å². The summed E-state index contributed by atoms with van der Waals surface area (Å²) < 4.78 is 0.957. The van der Waals surface area contributed by atoms with Crippen LogP contribution in [0.3, 0.4) is 0 Å². The quantitative estimate of drug-likeness (QED) is 0.586. The molecule has 108 valence electrons. The van der Waals surface area contributed by atoms with Crippen molar-refractivity contribution >= 4 is 54.9 Å². The minimum atomic E-state index is -0.779. The zero-order chi connectivity index (χ0) is 15.0. The van der Waals surface area contributed by atoms with E-state index in [4.69, 9.17) is 0 Å². The Morgan fingerprint density at radius 3 is 2.43 bits per heavy atom. The van der Waals surface area contributed by atoms with Gasteiger partial charge in [-0.3, -0.25) is 9.59 Å². The van der Waals surface area contributed by atoms with Gasteiger partial charge in [0.25, 0.3) is 0 Å². The zero-order valence-corrected chi connectivity index (χ0v) is 14.8. The van der Waals surface area contributed by atoms with Crippen LogP contribution >= 0.6 is 43.2 Å². The van der Waals surface area contributed by atoms with E-state index in [1.54, 1.807) is 11.3 Å². The Balaban J connectivity index is 2.15. The molecule has 21 heavy (non-hydrogen) atoms. The largest absolute Gasteiger partial charge is 0.341 e. The molecule has 1 fully saturated rings. The number of rotatable bonds is 2. The van der Waals surface area contributed by atoms with Crippen LogP contribution in [0, 0.1) is 0 Å². The molecule has 1 aliphatic rings. The predicted octanol–water partition coefficient (Wildman–Crippen LogP) is 3.61. The highest BCUT2D eigenvalue weighted by molar-refractivity contribution is 9.10. The molecular weight excluding hydrogens is 418 g/mol. The molecular formula is C15H11Br2NO2S. The number of halogens is 2. The molecule has 0 spiro atoms. The fraction of sp³-hybridized carbons (Fsp3) is 0.200. The van der Waals surface area contributed by atoms with Gasteiger partial charge in [0.2, 0.25) is 5.91 Å². The Hall–Kier alpha value is -0.980. The molecule has 2 atom stereocenters. The van der Waals surface area contributed by atoms with Crippen LogP contribution in [0.25, 0.3) is 0 Å². The van der Waals surface area contributed by atoms with Crippen molar-refractivity contribution in [2.75, 3.05) is 0 Å². The Kier molecular flexibility index (Phi) is 4.03. The molecule has 1 aromatic heterocycles. The van der Waals surface area contributed by atoms with Gasteiger partial charge in [0.1, 0.15) is 0 Å². The first-order chi connectivity index (χ1) is 10.0. The summed E-state index contributed by atoms with van der Waals surface area (Å²) in [5.41, 5.74) is 1.07. The van der Waals surface area contributed by atoms with E-state index in [0.717, 1.165) is 15.6 Å². The predicted molar refractivity (Wildman–Crippen MR) is 89.7 cm³/mol. The van der Waals surface area contributed by atoms with E-state index >= 15 is 0 Å². The van der Waals surface area contributed by atoms with Crippen molar-refractivity contribution < 1.29 is 9.59 Å². The first-order valence-corrected chi connectivity index (χ1v) is 8.95. The number of carbonyl (C=O) groups excluding carboxylic acids is 2. The second-order valence-electron chi connectivity index (χ2n) is 4.92. The summed E-state index contributed by atoms with van der Waals surface area (Å²) in [5.74, 6) is -0.395. The summed E-state index contributed by atoms with van der Waals surface area (Å²) in [6.45, 7) is 0. The normalized spacial score (nSPS) is 25.7. The minimum absolute atomic E-state index is 0.104. The molecule has 1 saturated heterocycles. The summed E-state index contributed by atoms with van der Waals surface area (Å²) in [4.78, 5) is 23.6. The second-order valence-corrected chi connectivity index (χ2v) is 7.53.